The Morgan fingerprint density at radius 3 is 2.55 bits per heavy atom. The van der Waals surface area contributed by atoms with Crippen LogP contribution in [0.2, 0.25) is 0 Å². The van der Waals surface area contributed by atoms with Gasteiger partial charge in [0.05, 0.1) is 5.69 Å². The molecule has 31 heavy (non-hydrogen) atoms. The monoisotopic (exact) mass is 434 g/mol. The molecule has 0 heterocycles. The Kier molecular flexibility index (Phi) is 7.98. The zero-order valence-electron chi connectivity index (χ0n) is 18.1. The highest BCUT2D eigenvalue weighted by molar-refractivity contribution is 8.13. The van der Waals surface area contributed by atoms with Gasteiger partial charge in [0.1, 0.15) is 5.75 Å². The van der Waals surface area contributed by atoms with Crippen LogP contribution in [-0.4, -0.2) is 21.7 Å². The normalized spacial score (nSPS) is 11.6. The first-order valence-electron chi connectivity index (χ1n) is 10.3. The van der Waals surface area contributed by atoms with Crippen molar-refractivity contribution in [2.75, 3.05) is 12.0 Å². The molecule has 0 fully saturated rings. The van der Waals surface area contributed by atoms with Gasteiger partial charge in [-0.1, -0.05) is 67.6 Å². The molecule has 0 atom stereocenters. The standard InChI is InChI=1S/C25H28N3O2S/c1-18(2)16-28(17-20-9-7-10-21(29)15-20)25(31-22-11-6-8-19(3)14-22)26-23-12-4-5-13-24(23)27-30/h4-15,18,27,29H,16-17H2,1-3H3/q-1. The molecule has 0 aliphatic rings. The van der Waals surface area contributed by atoms with Gasteiger partial charge in [0.25, 0.3) is 0 Å². The molecule has 5 nitrogen and oxygen atoms in total. The summed E-state index contributed by atoms with van der Waals surface area (Å²) in [5.41, 5.74) is 5.19. The molecule has 0 radical (unpaired) electrons. The quantitative estimate of drug-likeness (QED) is 0.191. The summed E-state index contributed by atoms with van der Waals surface area (Å²) >= 11 is 1.57. The summed E-state index contributed by atoms with van der Waals surface area (Å²) in [4.78, 5) is 8.19. The van der Waals surface area contributed by atoms with Gasteiger partial charge < -0.3 is 20.7 Å². The second kappa shape index (κ2) is 10.9. The number of para-hydroxylation sites is 2. The number of thioether (sulfide) groups is 1. The van der Waals surface area contributed by atoms with E-state index in [9.17, 15) is 10.3 Å². The minimum absolute atomic E-state index is 0.243. The maximum atomic E-state index is 11.4. The summed E-state index contributed by atoms with van der Waals surface area (Å²) in [7, 11) is 0. The van der Waals surface area contributed by atoms with Crippen LogP contribution in [0.1, 0.15) is 25.0 Å². The van der Waals surface area contributed by atoms with Gasteiger partial charge in [-0.15, -0.1) is 0 Å². The maximum absolute atomic E-state index is 11.4. The number of nitrogens with one attached hydrogen (secondary N) is 1. The topological polar surface area (TPSA) is 70.9 Å². The van der Waals surface area contributed by atoms with E-state index in [1.807, 2.05) is 41.9 Å². The number of phenolic OH excluding ortho intramolecular Hbond substituents is 1. The molecule has 6 heteroatoms. The molecule has 0 spiro atoms. The van der Waals surface area contributed by atoms with Crippen molar-refractivity contribution in [3.8, 4) is 5.75 Å². The van der Waals surface area contributed by atoms with Crippen LogP contribution in [0, 0.1) is 18.0 Å². The van der Waals surface area contributed by atoms with E-state index in [1.165, 1.54) is 5.56 Å². The number of aromatic hydroxyl groups is 1. The van der Waals surface area contributed by atoms with Crippen LogP contribution in [0.25, 0.3) is 0 Å². The van der Waals surface area contributed by atoms with Crippen molar-refractivity contribution in [1.82, 2.24) is 4.90 Å². The zero-order chi connectivity index (χ0) is 22.2. The molecular formula is C25H28N3O2S-. The van der Waals surface area contributed by atoms with Gasteiger partial charge >= 0.3 is 0 Å². The van der Waals surface area contributed by atoms with Crippen molar-refractivity contribution in [2.45, 2.75) is 32.2 Å². The Morgan fingerprint density at radius 1 is 1.06 bits per heavy atom. The smallest absolute Gasteiger partial charge is 0.169 e. The first-order valence-corrected chi connectivity index (χ1v) is 11.1. The van der Waals surface area contributed by atoms with Gasteiger partial charge in [-0.3, -0.25) is 0 Å². The fourth-order valence-corrected chi connectivity index (χ4v) is 4.24. The summed E-state index contributed by atoms with van der Waals surface area (Å²) in [6, 6.07) is 22.8. The molecule has 2 N–H and O–H groups in total. The summed E-state index contributed by atoms with van der Waals surface area (Å²) < 4.78 is 0. The molecule has 0 amide bonds. The summed E-state index contributed by atoms with van der Waals surface area (Å²) in [5.74, 6) is 0.640. The average molecular weight is 435 g/mol. The van der Waals surface area contributed by atoms with E-state index in [0.29, 0.717) is 23.8 Å². The third kappa shape index (κ3) is 6.77. The maximum Gasteiger partial charge on any atom is 0.169 e. The Hall–Kier alpha value is -2.96. The Labute approximate surface area is 188 Å². The molecule has 0 aromatic heterocycles. The molecule has 3 aromatic carbocycles. The highest BCUT2D eigenvalue weighted by atomic mass is 32.2. The largest absolute Gasteiger partial charge is 0.761 e. The van der Waals surface area contributed by atoms with Crippen molar-refractivity contribution >= 4 is 28.3 Å². The van der Waals surface area contributed by atoms with Crippen LogP contribution in [0.5, 0.6) is 5.75 Å². The number of hydrogen-bond acceptors (Lipinski definition) is 5. The van der Waals surface area contributed by atoms with Crippen LogP contribution in [0.4, 0.5) is 11.4 Å². The molecule has 0 aliphatic heterocycles. The lowest BCUT2D eigenvalue weighted by Gasteiger charge is -2.28. The van der Waals surface area contributed by atoms with Gasteiger partial charge in [0, 0.05) is 23.7 Å². The van der Waals surface area contributed by atoms with E-state index in [0.717, 1.165) is 22.2 Å². The second-order valence-electron chi connectivity index (χ2n) is 7.88. The molecule has 3 rings (SSSR count). The van der Waals surface area contributed by atoms with Gasteiger partial charge in [-0.05, 0) is 54.8 Å². The number of aliphatic imine (C=N–C) groups is 1. The van der Waals surface area contributed by atoms with Crippen molar-refractivity contribution in [3.63, 3.8) is 0 Å². The van der Waals surface area contributed by atoms with Crippen molar-refractivity contribution in [1.29, 1.82) is 0 Å². The van der Waals surface area contributed by atoms with Gasteiger partial charge in [0.2, 0.25) is 0 Å². The SMILES string of the molecule is Cc1cccc(SC(=Nc2ccccc2N[O-])N(Cc2cccc(O)c2)CC(C)C)c1. The first-order chi connectivity index (χ1) is 14.9. The lowest BCUT2D eigenvalue weighted by atomic mass is 10.1. The highest BCUT2D eigenvalue weighted by Crippen LogP contribution is 2.30. The lowest BCUT2D eigenvalue weighted by Crippen LogP contribution is -2.32. The van der Waals surface area contributed by atoms with Crippen LogP contribution < -0.4 is 5.48 Å². The number of anilines is 1. The van der Waals surface area contributed by atoms with E-state index >= 15 is 0 Å². The predicted molar refractivity (Wildman–Crippen MR) is 131 cm³/mol. The van der Waals surface area contributed by atoms with Crippen LogP contribution in [0.3, 0.4) is 0 Å². The fourth-order valence-electron chi connectivity index (χ4n) is 3.23. The fraction of sp³-hybridized carbons (Fsp3) is 0.240. The molecule has 3 aromatic rings. The first kappa shape index (κ1) is 22.7. The summed E-state index contributed by atoms with van der Waals surface area (Å²) in [5, 5.41) is 22.2. The van der Waals surface area contributed by atoms with Crippen LogP contribution in [0.15, 0.2) is 82.7 Å². The molecule has 162 valence electrons. The minimum Gasteiger partial charge on any atom is -0.761 e. The van der Waals surface area contributed by atoms with Gasteiger partial charge in [-0.2, -0.15) is 0 Å². The van der Waals surface area contributed by atoms with Crippen molar-refractivity contribution < 1.29 is 5.11 Å². The van der Waals surface area contributed by atoms with E-state index in [4.69, 9.17) is 4.99 Å². The zero-order valence-corrected chi connectivity index (χ0v) is 18.9. The third-order valence-corrected chi connectivity index (χ3v) is 5.59. The minimum atomic E-state index is 0.243. The summed E-state index contributed by atoms with van der Waals surface area (Å²) in [6.07, 6.45) is 0. The Morgan fingerprint density at radius 2 is 1.84 bits per heavy atom. The highest BCUT2D eigenvalue weighted by Gasteiger charge is 2.17. The number of hydrogen-bond donors (Lipinski definition) is 2. The molecular weight excluding hydrogens is 406 g/mol. The Balaban J connectivity index is 2.04. The van der Waals surface area contributed by atoms with Crippen LogP contribution in [-0.2, 0) is 6.54 Å². The molecule has 0 bridgehead atoms. The van der Waals surface area contributed by atoms with Crippen molar-refractivity contribution in [3.05, 3.63) is 89.1 Å². The van der Waals surface area contributed by atoms with E-state index in [-0.39, 0.29) is 5.75 Å². The van der Waals surface area contributed by atoms with Crippen LogP contribution >= 0.6 is 11.8 Å². The molecule has 0 saturated heterocycles. The molecule has 0 saturated carbocycles. The number of benzene rings is 3. The number of nitrogens with zero attached hydrogens (tertiary/aromatic N) is 2. The Bertz CT molecular complexity index is 1040. The van der Waals surface area contributed by atoms with E-state index in [1.54, 1.807) is 30.0 Å². The molecule has 0 aliphatic carbocycles. The lowest BCUT2D eigenvalue weighted by molar-refractivity contribution is 0.365. The summed E-state index contributed by atoms with van der Waals surface area (Å²) in [6.45, 7) is 7.77. The van der Waals surface area contributed by atoms with Gasteiger partial charge in [0.15, 0.2) is 5.17 Å². The van der Waals surface area contributed by atoms with Crippen molar-refractivity contribution in [2.24, 2.45) is 10.9 Å². The third-order valence-electron chi connectivity index (χ3n) is 4.57. The van der Waals surface area contributed by atoms with E-state index in [2.05, 4.69) is 43.9 Å². The number of aryl methyl sites for hydroxylation is 1. The molecule has 0 unspecified atom stereocenters. The predicted octanol–water partition coefficient (Wildman–Crippen LogP) is 6.55. The number of phenols is 1. The number of rotatable bonds is 7. The number of amidine groups is 1. The van der Waals surface area contributed by atoms with Gasteiger partial charge in [-0.25, -0.2) is 4.99 Å². The second-order valence-corrected chi connectivity index (χ2v) is 8.92. The average Bonchev–Trinajstić information content (AvgIpc) is 2.73. The van der Waals surface area contributed by atoms with E-state index < -0.39 is 0 Å².